The quantitative estimate of drug-likeness (QED) is 0.517. The summed E-state index contributed by atoms with van der Waals surface area (Å²) in [6.45, 7) is 0. The van der Waals surface area contributed by atoms with Crippen molar-refractivity contribution in [2.45, 2.75) is 51.0 Å². The van der Waals surface area contributed by atoms with Crippen LogP contribution in [-0.4, -0.2) is 35.9 Å². The number of thioether (sulfide) groups is 1. The minimum absolute atomic E-state index is 0.0538. The summed E-state index contributed by atoms with van der Waals surface area (Å²) in [6.07, 6.45) is 11.2. The molecule has 1 fully saturated rings. The first kappa shape index (κ1) is 24.4. The van der Waals surface area contributed by atoms with Crippen LogP contribution in [0.25, 0.3) is 6.08 Å². The number of nitrogens with zero attached hydrogens (tertiary/aromatic N) is 2. The fourth-order valence-corrected chi connectivity index (χ4v) is 5.20. The van der Waals surface area contributed by atoms with E-state index in [4.69, 9.17) is 20.8 Å². The number of rotatable bonds is 6. The van der Waals surface area contributed by atoms with E-state index < -0.39 is 0 Å². The Morgan fingerprint density at radius 2 is 2.03 bits per heavy atom. The Hall–Kier alpha value is -2.71. The molecule has 1 saturated carbocycles. The summed E-state index contributed by atoms with van der Waals surface area (Å²) in [5, 5.41) is 3.95. The molecule has 2 heterocycles. The van der Waals surface area contributed by atoms with E-state index in [1.165, 1.54) is 49.3 Å². The number of amidine groups is 1. The Bertz CT molecular complexity index is 1080. The maximum atomic E-state index is 13.3. The van der Waals surface area contributed by atoms with Crippen LogP contribution >= 0.6 is 23.4 Å². The van der Waals surface area contributed by atoms with Crippen LogP contribution in [0.1, 0.15) is 50.7 Å². The van der Waals surface area contributed by atoms with Gasteiger partial charge in [-0.15, -0.1) is 0 Å². The molecule has 9 heteroatoms. The maximum absolute atomic E-state index is 13.3. The minimum Gasteiger partial charge on any atom is -0.495 e. The van der Waals surface area contributed by atoms with Crippen LogP contribution in [0.5, 0.6) is 5.75 Å². The Kier molecular flexibility index (Phi) is 8.34. The molecule has 180 valence electrons. The van der Waals surface area contributed by atoms with Gasteiger partial charge in [-0.3, -0.25) is 14.5 Å². The molecule has 0 atom stereocenters. The number of benzene rings is 1. The van der Waals surface area contributed by atoms with Gasteiger partial charge in [0.05, 0.1) is 29.8 Å². The molecule has 4 rings (SSSR count). The zero-order valence-electron chi connectivity index (χ0n) is 19.1. The van der Waals surface area contributed by atoms with Crippen LogP contribution in [0.3, 0.4) is 0 Å². The van der Waals surface area contributed by atoms with Crippen molar-refractivity contribution in [3.63, 3.8) is 0 Å². The third kappa shape index (κ3) is 6.04. The van der Waals surface area contributed by atoms with E-state index in [1.807, 2.05) is 0 Å². The monoisotopic (exact) mass is 501 g/mol. The molecule has 34 heavy (non-hydrogen) atoms. The van der Waals surface area contributed by atoms with E-state index >= 15 is 0 Å². The van der Waals surface area contributed by atoms with Gasteiger partial charge in [-0.2, -0.15) is 0 Å². The van der Waals surface area contributed by atoms with Crippen molar-refractivity contribution in [1.82, 2.24) is 5.32 Å². The molecule has 0 bridgehead atoms. The lowest BCUT2D eigenvalue weighted by atomic mass is 9.97. The average Bonchev–Trinajstić information content (AvgIpc) is 3.42. The predicted octanol–water partition coefficient (Wildman–Crippen LogP) is 5.65. The molecule has 2 amide bonds. The highest BCUT2D eigenvalue weighted by Crippen LogP contribution is 2.34. The Labute approximate surface area is 208 Å². The van der Waals surface area contributed by atoms with Gasteiger partial charge >= 0.3 is 0 Å². The van der Waals surface area contributed by atoms with Crippen LogP contribution in [0.4, 0.5) is 5.69 Å². The molecule has 0 unspecified atom stereocenters. The molecule has 2 aliphatic rings. The molecule has 2 aromatic rings. The molecular weight excluding hydrogens is 474 g/mol. The lowest BCUT2D eigenvalue weighted by Gasteiger charge is -2.21. The Morgan fingerprint density at radius 1 is 1.26 bits per heavy atom. The second kappa shape index (κ2) is 11.6. The van der Waals surface area contributed by atoms with Crippen LogP contribution in [0.15, 0.2) is 51.7 Å². The summed E-state index contributed by atoms with van der Waals surface area (Å²) >= 11 is 7.54. The number of carbonyl (C=O) groups excluding carboxylic acids is 2. The molecule has 0 radical (unpaired) electrons. The highest BCUT2D eigenvalue weighted by molar-refractivity contribution is 8.14. The van der Waals surface area contributed by atoms with E-state index in [0.29, 0.717) is 27.4 Å². The first-order valence-corrected chi connectivity index (χ1v) is 12.9. The zero-order chi connectivity index (χ0) is 23.9. The topological polar surface area (TPSA) is 84.1 Å². The van der Waals surface area contributed by atoms with Gasteiger partial charge < -0.3 is 14.5 Å². The average molecular weight is 502 g/mol. The SMILES string of the molecule is COc1ccc(N2C(=O)C(=Cc3ccco3)N=C2SCC(=O)NC2CCCCCCC2)cc1Cl. The van der Waals surface area contributed by atoms with Crippen LogP contribution in [0.2, 0.25) is 5.02 Å². The van der Waals surface area contributed by atoms with Crippen molar-refractivity contribution >= 4 is 52.1 Å². The number of nitrogens with one attached hydrogen (secondary N) is 1. The molecule has 1 aromatic carbocycles. The third-order valence-electron chi connectivity index (χ3n) is 5.85. The lowest BCUT2D eigenvalue weighted by molar-refractivity contribution is -0.119. The summed E-state index contributed by atoms with van der Waals surface area (Å²) in [4.78, 5) is 32.0. The number of amides is 2. The highest BCUT2D eigenvalue weighted by atomic mass is 35.5. The smallest absolute Gasteiger partial charge is 0.283 e. The number of carbonyl (C=O) groups is 2. The number of ether oxygens (including phenoxy) is 1. The number of halogens is 1. The maximum Gasteiger partial charge on any atom is 0.283 e. The lowest BCUT2D eigenvalue weighted by Crippen LogP contribution is -2.37. The number of hydrogen-bond donors (Lipinski definition) is 1. The number of furan rings is 1. The molecule has 0 saturated heterocycles. The van der Waals surface area contributed by atoms with Crippen molar-refractivity contribution in [2.24, 2.45) is 4.99 Å². The Morgan fingerprint density at radius 3 is 2.71 bits per heavy atom. The van der Waals surface area contributed by atoms with Crippen molar-refractivity contribution in [1.29, 1.82) is 0 Å². The van der Waals surface area contributed by atoms with Gasteiger partial charge in [0.25, 0.3) is 5.91 Å². The summed E-state index contributed by atoms with van der Waals surface area (Å²) in [6, 6.07) is 8.79. The van der Waals surface area contributed by atoms with Gasteiger partial charge in [0.1, 0.15) is 17.2 Å². The van der Waals surface area contributed by atoms with Crippen molar-refractivity contribution in [3.05, 3.63) is 53.1 Å². The molecule has 1 aromatic heterocycles. The second-order valence-electron chi connectivity index (χ2n) is 8.30. The highest BCUT2D eigenvalue weighted by Gasteiger charge is 2.33. The zero-order valence-corrected chi connectivity index (χ0v) is 20.7. The van der Waals surface area contributed by atoms with E-state index in [1.54, 1.807) is 36.4 Å². The molecule has 1 N–H and O–H groups in total. The van der Waals surface area contributed by atoms with E-state index in [9.17, 15) is 9.59 Å². The Balaban J connectivity index is 1.50. The first-order valence-electron chi connectivity index (χ1n) is 11.5. The summed E-state index contributed by atoms with van der Waals surface area (Å²) in [5.74, 6) is 0.820. The van der Waals surface area contributed by atoms with E-state index in [2.05, 4.69) is 10.3 Å². The molecule has 1 aliphatic carbocycles. The van der Waals surface area contributed by atoms with Gasteiger partial charge in [0, 0.05) is 12.1 Å². The largest absolute Gasteiger partial charge is 0.495 e. The summed E-state index contributed by atoms with van der Waals surface area (Å²) in [5.41, 5.74) is 0.773. The fraction of sp³-hybridized carbons (Fsp3) is 0.400. The molecular formula is C25H28ClN3O4S. The van der Waals surface area contributed by atoms with Gasteiger partial charge in [-0.1, -0.05) is 55.5 Å². The number of anilines is 1. The molecule has 1 aliphatic heterocycles. The normalized spacial score (nSPS) is 18.5. The van der Waals surface area contributed by atoms with E-state index in [0.717, 1.165) is 25.7 Å². The number of aliphatic imine (C=N–C) groups is 1. The van der Waals surface area contributed by atoms with Gasteiger partial charge in [-0.05, 0) is 43.2 Å². The first-order chi connectivity index (χ1) is 16.5. The van der Waals surface area contributed by atoms with Gasteiger partial charge in [0.2, 0.25) is 5.91 Å². The second-order valence-corrected chi connectivity index (χ2v) is 9.65. The molecule has 7 nitrogen and oxygen atoms in total. The summed E-state index contributed by atoms with van der Waals surface area (Å²) in [7, 11) is 1.53. The summed E-state index contributed by atoms with van der Waals surface area (Å²) < 4.78 is 10.6. The predicted molar refractivity (Wildman–Crippen MR) is 136 cm³/mol. The minimum atomic E-state index is -0.319. The van der Waals surface area contributed by atoms with Gasteiger partial charge in [-0.25, -0.2) is 4.99 Å². The number of hydrogen-bond acceptors (Lipinski definition) is 6. The number of methoxy groups -OCH3 is 1. The van der Waals surface area contributed by atoms with Crippen LogP contribution in [0, 0.1) is 0 Å². The third-order valence-corrected chi connectivity index (χ3v) is 7.08. The van der Waals surface area contributed by atoms with Crippen molar-refractivity contribution in [2.75, 3.05) is 17.8 Å². The van der Waals surface area contributed by atoms with E-state index in [-0.39, 0.29) is 29.3 Å². The van der Waals surface area contributed by atoms with Crippen molar-refractivity contribution in [3.8, 4) is 5.75 Å². The van der Waals surface area contributed by atoms with Crippen LogP contribution in [-0.2, 0) is 9.59 Å². The van der Waals surface area contributed by atoms with Crippen LogP contribution < -0.4 is 15.0 Å². The standard InChI is InChI=1S/C25H28ClN3O4S/c1-32-22-12-11-18(14-20(22)26)29-24(31)21(15-19-10-7-13-33-19)28-25(29)34-16-23(30)27-17-8-5-3-2-4-6-9-17/h7,10-15,17H,2-6,8-9,16H2,1H3,(H,27,30). The molecule has 0 spiro atoms. The van der Waals surface area contributed by atoms with Gasteiger partial charge in [0.15, 0.2) is 5.17 Å². The van der Waals surface area contributed by atoms with Crippen molar-refractivity contribution < 1.29 is 18.7 Å². The fourth-order valence-electron chi connectivity index (χ4n) is 4.12.